The van der Waals surface area contributed by atoms with Gasteiger partial charge in [0.15, 0.2) is 11.5 Å². The Hall–Kier alpha value is -3.94. The number of likely N-dealkylation sites (tertiary alicyclic amines) is 1. The number of Topliss-reactive ketones (excluding diaryl/α,β-unsaturated/α-hetero) is 1. The fourth-order valence-corrected chi connectivity index (χ4v) is 3.86. The number of amides is 1. The average molecular weight is 421 g/mol. The Balaban J connectivity index is 1.62. The molecule has 0 saturated carbocycles. The van der Waals surface area contributed by atoms with Gasteiger partial charge in [0.2, 0.25) is 0 Å². The fraction of sp³-hybridized carbons (Fsp3) is 0.217. The van der Waals surface area contributed by atoms with Gasteiger partial charge >= 0.3 is 0 Å². The number of aliphatic hydroxyl groups excluding tert-OH is 1. The highest BCUT2D eigenvalue weighted by Crippen LogP contribution is 2.42. The molecule has 1 amide bonds. The maximum absolute atomic E-state index is 13.0. The van der Waals surface area contributed by atoms with Crippen molar-refractivity contribution >= 4 is 17.4 Å². The first-order valence-corrected chi connectivity index (χ1v) is 9.80. The molecular formula is C23H19NO7. The highest BCUT2D eigenvalue weighted by atomic mass is 16.6. The van der Waals surface area contributed by atoms with Crippen molar-refractivity contribution in [2.24, 2.45) is 0 Å². The number of carbonyl (C=O) groups excluding carboxylic acids is 2. The largest absolute Gasteiger partial charge is 0.507 e. The van der Waals surface area contributed by atoms with Gasteiger partial charge in [0.25, 0.3) is 11.7 Å². The summed E-state index contributed by atoms with van der Waals surface area (Å²) in [5.41, 5.74) is 0.288. The summed E-state index contributed by atoms with van der Waals surface area (Å²) in [6, 6.07) is 10.8. The number of ether oxygens (including phenoxy) is 2. The Bertz CT molecular complexity index is 1190. The number of rotatable bonds is 4. The summed E-state index contributed by atoms with van der Waals surface area (Å²) in [7, 11) is 0. The van der Waals surface area contributed by atoms with Crippen LogP contribution in [0.5, 0.6) is 11.5 Å². The maximum atomic E-state index is 13.0. The summed E-state index contributed by atoms with van der Waals surface area (Å²) in [4.78, 5) is 27.2. The molecular weight excluding hydrogens is 402 g/mol. The SMILES string of the molecule is Cc1ccc([C@@H]2C(=C(O)c3ccc4c(c3)OCCO4)C(=O)C(=O)N2Cc2ccco2)o1. The molecule has 2 aliphatic rings. The highest BCUT2D eigenvalue weighted by Gasteiger charge is 2.48. The van der Waals surface area contributed by atoms with E-state index in [-0.39, 0.29) is 17.9 Å². The topological polar surface area (TPSA) is 102 Å². The predicted molar refractivity (Wildman–Crippen MR) is 107 cm³/mol. The van der Waals surface area contributed by atoms with Crippen LogP contribution < -0.4 is 9.47 Å². The van der Waals surface area contributed by atoms with E-state index in [4.69, 9.17) is 18.3 Å². The van der Waals surface area contributed by atoms with Crippen LogP contribution in [0.2, 0.25) is 0 Å². The molecule has 158 valence electrons. The number of furan rings is 2. The molecule has 3 aromatic rings. The Kier molecular flexibility index (Phi) is 4.54. The normalized spacial score (nSPS) is 19.8. The summed E-state index contributed by atoms with van der Waals surface area (Å²) in [5, 5.41) is 11.1. The van der Waals surface area contributed by atoms with Gasteiger partial charge in [-0.2, -0.15) is 0 Å². The minimum absolute atomic E-state index is 0.0532. The van der Waals surface area contributed by atoms with E-state index in [0.717, 1.165) is 0 Å². The van der Waals surface area contributed by atoms with Gasteiger partial charge in [-0.1, -0.05) is 0 Å². The Morgan fingerprint density at radius 3 is 2.61 bits per heavy atom. The van der Waals surface area contributed by atoms with Crippen LogP contribution in [0.3, 0.4) is 0 Å². The number of benzene rings is 1. The minimum atomic E-state index is -0.896. The van der Waals surface area contributed by atoms with Gasteiger partial charge < -0.3 is 28.3 Å². The zero-order valence-electron chi connectivity index (χ0n) is 16.7. The molecule has 0 aliphatic carbocycles. The van der Waals surface area contributed by atoms with Crippen LogP contribution >= 0.6 is 0 Å². The molecule has 1 atom stereocenters. The third kappa shape index (κ3) is 3.26. The highest BCUT2D eigenvalue weighted by molar-refractivity contribution is 6.46. The molecule has 1 saturated heterocycles. The van der Waals surface area contributed by atoms with Crippen molar-refractivity contribution in [2.75, 3.05) is 13.2 Å². The smallest absolute Gasteiger partial charge is 0.296 e. The first-order chi connectivity index (χ1) is 15.0. The number of hydrogen-bond acceptors (Lipinski definition) is 7. The van der Waals surface area contributed by atoms with Crippen molar-refractivity contribution in [1.29, 1.82) is 0 Å². The lowest BCUT2D eigenvalue weighted by molar-refractivity contribution is -0.140. The molecule has 0 bridgehead atoms. The van der Waals surface area contributed by atoms with Gasteiger partial charge in [-0.05, 0) is 49.4 Å². The molecule has 0 radical (unpaired) electrons. The Labute approximate surface area is 177 Å². The van der Waals surface area contributed by atoms with Crippen molar-refractivity contribution in [3.63, 3.8) is 0 Å². The van der Waals surface area contributed by atoms with Crippen molar-refractivity contribution in [3.05, 3.63) is 77.1 Å². The van der Waals surface area contributed by atoms with Gasteiger partial charge in [-0.3, -0.25) is 9.59 Å². The van der Waals surface area contributed by atoms with E-state index in [2.05, 4.69) is 0 Å². The first kappa shape index (κ1) is 19.0. The number of aliphatic hydroxyl groups is 1. The van der Waals surface area contributed by atoms with E-state index in [1.54, 1.807) is 49.4 Å². The van der Waals surface area contributed by atoms with Gasteiger partial charge in [0.1, 0.15) is 42.3 Å². The van der Waals surface area contributed by atoms with Crippen LogP contribution in [0.15, 0.2) is 63.1 Å². The number of ketones is 1. The monoisotopic (exact) mass is 421 g/mol. The van der Waals surface area contributed by atoms with Gasteiger partial charge in [-0.15, -0.1) is 0 Å². The van der Waals surface area contributed by atoms with E-state index in [1.165, 1.54) is 11.2 Å². The van der Waals surface area contributed by atoms with E-state index in [9.17, 15) is 14.7 Å². The first-order valence-electron chi connectivity index (χ1n) is 9.80. The van der Waals surface area contributed by atoms with Crippen molar-refractivity contribution in [3.8, 4) is 11.5 Å². The number of aryl methyl sites for hydroxylation is 1. The third-order valence-electron chi connectivity index (χ3n) is 5.29. The summed E-state index contributed by atoms with van der Waals surface area (Å²) in [6.07, 6.45) is 1.49. The summed E-state index contributed by atoms with van der Waals surface area (Å²) < 4.78 is 22.2. The number of fused-ring (bicyclic) bond motifs is 1. The van der Waals surface area contributed by atoms with Crippen molar-refractivity contribution < 1.29 is 33.0 Å². The quantitative estimate of drug-likeness (QED) is 0.390. The van der Waals surface area contributed by atoms with E-state index < -0.39 is 17.7 Å². The number of hydrogen-bond donors (Lipinski definition) is 1. The molecule has 2 aromatic heterocycles. The Morgan fingerprint density at radius 1 is 1.10 bits per heavy atom. The van der Waals surface area contributed by atoms with Crippen molar-refractivity contribution in [2.45, 2.75) is 19.5 Å². The zero-order valence-corrected chi connectivity index (χ0v) is 16.7. The second kappa shape index (κ2) is 7.39. The lowest BCUT2D eigenvalue weighted by atomic mass is 9.99. The summed E-state index contributed by atoms with van der Waals surface area (Å²) in [6.45, 7) is 2.65. The molecule has 2 aliphatic heterocycles. The predicted octanol–water partition coefficient (Wildman–Crippen LogP) is 3.57. The maximum Gasteiger partial charge on any atom is 0.296 e. The molecule has 31 heavy (non-hydrogen) atoms. The molecule has 0 unspecified atom stereocenters. The fourth-order valence-electron chi connectivity index (χ4n) is 3.86. The number of nitrogens with zero attached hydrogens (tertiary/aromatic N) is 1. The van der Waals surface area contributed by atoms with Gasteiger partial charge in [0.05, 0.1) is 18.4 Å². The summed E-state index contributed by atoms with van der Waals surface area (Å²) in [5.74, 6) is 0.684. The van der Waals surface area contributed by atoms with Gasteiger partial charge in [0, 0.05) is 5.56 Å². The van der Waals surface area contributed by atoms with E-state index in [1.807, 2.05) is 0 Å². The van der Waals surface area contributed by atoms with Crippen LogP contribution in [0, 0.1) is 6.92 Å². The lowest BCUT2D eigenvalue weighted by Crippen LogP contribution is -2.28. The second-order valence-corrected chi connectivity index (χ2v) is 7.31. The van der Waals surface area contributed by atoms with Gasteiger partial charge in [-0.25, -0.2) is 0 Å². The zero-order chi connectivity index (χ0) is 21.5. The lowest BCUT2D eigenvalue weighted by Gasteiger charge is -2.22. The second-order valence-electron chi connectivity index (χ2n) is 7.31. The third-order valence-corrected chi connectivity index (χ3v) is 5.29. The van der Waals surface area contributed by atoms with Crippen LogP contribution in [0.25, 0.3) is 5.76 Å². The van der Waals surface area contributed by atoms with E-state index >= 15 is 0 Å². The van der Waals surface area contributed by atoms with Crippen LogP contribution in [0.4, 0.5) is 0 Å². The number of carbonyl (C=O) groups is 2. The molecule has 1 fully saturated rings. The molecule has 1 aromatic carbocycles. The minimum Gasteiger partial charge on any atom is -0.507 e. The molecule has 0 spiro atoms. The van der Waals surface area contributed by atoms with Crippen LogP contribution in [-0.2, 0) is 16.1 Å². The molecule has 8 heteroatoms. The Morgan fingerprint density at radius 2 is 1.90 bits per heavy atom. The molecule has 4 heterocycles. The standard InChI is InChI=1S/C23H19NO7/c1-13-4-6-17(31-13)20-19(22(26)23(27)24(20)12-15-3-2-8-28-15)21(25)14-5-7-16-18(11-14)30-10-9-29-16/h2-8,11,20,25H,9-10,12H2,1H3/t20-/m1/s1. The molecule has 5 rings (SSSR count). The van der Waals surface area contributed by atoms with Crippen LogP contribution in [-0.4, -0.2) is 34.9 Å². The average Bonchev–Trinajstić information content (AvgIpc) is 3.50. The van der Waals surface area contributed by atoms with E-state index in [0.29, 0.717) is 47.6 Å². The molecule has 1 N–H and O–H groups in total. The summed E-state index contributed by atoms with van der Waals surface area (Å²) >= 11 is 0. The van der Waals surface area contributed by atoms with Crippen molar-refractivity contribution in [1.82, 2.24) is 4.90 Å². The molecule has 8 nitrogen and oxygen atoms in total. The van der Waals surface area contributed by atoms with Crippen LogP contribution in [0.1, 0.15) is 28.9 Å².